The van der Waals surface area contributed by atoms with Crippen LogP contribution in [0.15, 0.2) is 6.33 Å². The fourth-order valence-electron chi connectivity index (χ4n) is 1.26. The van der Waals surface area contributed by atoms with E-state index in [0.717, 1.165) is 18.1 Å². The van der Waals surface area contributed by atoms with Gasteiger partial charge in [-0.15, -0.1) is 0 Å². The summed E-state index contributed by atoms with van der Waals surface area (Å²) in [5, 5.41) is 0. The number of hydrogen-bond donors (Lipinski definition) is 1. The van der Waals surface area contributed by atoms with Crippen LogP contribution in [0.3, 0.4) is 0 Å². The molecule has 78 valence electrons. The maximum Gasteiger partial charge on any atom is 0.182 e. The number of likely N-dealkylation sites (N-methyl/N-ethyl adjacent to an activating group) is 1. The number of aryl methyl sites for hydroxylation is 1. The largest absolute Gasteiger partial charge is 0.491 e. The Morgan fingerprint density at radius 2 is 2.21 bits per heavy atom. The zero-order valence-electron chi connectivity index (χ0n) is 8.82. The summed E-state index contributed by atoms with van der Waals surface area (Å²) >= 11 is 0. The van der Waals surface area contributed by atoms with Crippen molar-refractivity contribution < 1.29 is 4.74 Å². The Morgan fingerprint density at radius 1 is 1.50 bits per heavy atom. The minimum Gasteiger partial charge on any atom is -0.491 e. The Labute approximate surface area is 83.9 Å². The van der Waals surface area contributed by atoms with Gasteiger partial charge in [-0.1, -0.05) is 0 Å². The first-order valence-corrected chi connectivity index (χ1v) is 4.47. The van der Waals surface area contributed by atoms with E-state index < -0.39 is 0 Å². The van der Waals surface area contributed by atoms with Gasteiger partial charge in [-0.25, -0.2) is 9.97 Å². The van der Waals surface area contributed by atoms with Gasteiger partial charge in [0.2, 0.25) is 0 Å². The molecule has 0 aliphatic carbocycles. The molecule has 0 saturated heterocycles. The molecular formula is C9H16N4O. The second-order valence-electron chi connectivity index (χ2n) is 3.03. The van der Waals surface area contributed by atoms with Gasteiger partial charge in [-0.3, -0.25) is 0 Å². The van der Waals surface area contributed by atoms with Crippen LogP contribution in [0.4, 0.5) is 5.82 Å². The molecular weight excluding hydrogens is 180 g/mol. The molecule has 0 bridgehead atoms. The number of anilines is 1. The summed E-state index contributed by atoms with van der Waals surface area (Å²) < 4.78 is 5.24. The minimum atomic E-state index is 0.586. The predicted molar refractivity (Wildman–Crippen MR) is 55.6 cm³/mol. The van der Waals surface area contributed by atoms with Gasteiger partial charge in [0, 0.05) is 20.1 Å². The molecule has 5 nitrogen and oxygen atoms in total. The van der Waals surface area contributed by atoms with E-state index in [1.165, 1.54) is 6.33 Å². The summed E-state index contributed by atoms with van der Waals surface area (Å²) in [4.78, 5) is 10.2. The third kappa shape index (κ3) is 2.11. The Hall–Kier alpha value is -1.36. The standard InChI is InChI=1S/C9H16N4O/c1-7-8(14-3)9(12-6-11-7)13(2)5-4-10/h6H,4-5,10H2,1-3H3. The predicted octanol–water partition coefficient (Wildman–Crippen LogP) is 0.189. The maximum absolute atomic E-state index is 5.47. The Balaban J connectivity index is 3.00. The van der Waals surface area contributed by atoms with Gasteiger partial charge in [0.25, 0.3) is 0 Å². The Bertz CT molecular complexity index is 303. The number of ether oxygens (including phenoxy) is 1. The lowest BCUT2D eigenvalue weighted by Gasteiger charge is -2.19. The third-order valence-corrected chi connectivity index (χ3v) is 1.99. The van der Waals surface area contributed by atoms with Crippen molar-refractivity contribution in [1.29, 1.82) is 0 Å². The van der Waals surface area contributed by atoms with Crippen LogP contribution in [-0.2, 0) is 0 Å². The van der Waals surface area contributed by atoms with Crippen LogP contribution in [0, 0.1) is 6.92 Å². The number of nitrogens with two attached hydrogens (primary N) is 1. The molecule has 0 aromatic carbocycles. The van der Waals surface area contributed by atoms with E-state index in [9.17, 15) is 0 Å². The molecule has 0 radical (unpaired) electrons. The summed E-state index contributed by atoms with van der Waals surface area (Å²) in [6.07, 6.45) is 1.53. The molecule has 0 aliphatic rings. The lowest BCUT2D eigenvalue weighted by atomic mass is 10.3. The van der Waals surface area contributed by atoms with Crippen LogP contribution in [0.1, 0.15) is 5.69 Å². The molecule has 1 aromatic heterocycles. The summed E-state index contributed by atoms with van der Waals surface area (Å²) in [5.74, 6) is 1.49. The second-order valence-corrected chi connectivity index (χ2v) is 3.03. The van der Waals surface area contributed by atoms with Crippen LogP contribution in [0.5, 0.6) is 5.75 Å². The first-order valence-electron chi connectivity index (χ1n) is 4.47. The molecule has 1 aromatic rings. The van der Waals surface area contributed by atoms with Crippen molar-refractivity contribution in [2.75, 3.05) is 32.1 Å². The average molecular weight is 196 g/mol. The smallest absolute Gasteiger partial charge is 0.182 e. The maximum atomic E-state index is 5.47. The highest BCUT2D eigenvalue weighted by Crippen LogP contribution is 2.26. The van der Waals surface area contributed by atoms with Gasteiger partial charge in [0.1, 0.15) is 6.33 Å². The fourth-order valence-corrected chi connectivity index (χ4v) is 1.26. The molecule has 2 N–H and O–H groups in total. The SMILES string of the molecule is COc1c(C)ncnc1N(C)CCN. The number of aromatic nitrogens is 2. The quantitative estimate of drug-likeness (QED) is 0.744. The van der Waals surface area contributed by atoms with Gasteiger partial charge in [-0.2, -0.15) is 0 Å². The van der Waals surface area contributed by atoms with E-state index in [0.29, 0.717) is 12.3 Å². The van der Waals surface area contributed by atoms with Gasteiger partial charge < -0.3 is 15.4 Å². The lowest BCUT2D eigenvalue weighted by Crippen LogP contribution is -2.26. The summed E-state index contributed by atoms with van der Waals surface area (Å²) in [6.45, 7) is 3.22. The van der Waals surface area contributed by atoms with Crippen molar-refractivity contribution >= 4 is 5.82 Å². The highest BCUT2D eigenvalue weighted by Gasteiger charge is 2.11. The number of nitrogens with zero attached hydrogens (tertiary/aromatic N) is 3. The molecule has 0 unspecified atom stereocenters. The van der Waals surface area contributed by atoms with E-state index in [1.807, 2.05) is 18.9 Å². The first-order chi connectivity index (χ1) is 6.70. The Kier molecular flexibility index (Phi) is 3.64. The molecule has 0 amide bonds. The molecule has 5 heteroatoms. The molecule has 0 atom stereocenters. The van der Waals surface area contributed by atoms with Crippen LogP contribution < -0.4 is 15.4 Å². The average Bonchev–Trinajstić information content (AvgIpc) is 2.17. The molecule has 1 rings (SSSR count). The zero-order chi connectivity index (χ0) is 10.6. The summed E-state index contributed by atoms with van der Waals surface area (Å²) in [6, 6.07) is 0. The van der Waals surface area contributed by atoms with Crippen LogP contribution >= 0.6 is 0 Å². The van der Waals surface area contributed by atoms with E-state index in [2.05, 4.69) is 9.97 Å². The zero-order valence-corrected chi connectivity index (χ0v) is 8.82. The molecule has 14 heavy (non-hydrogen) atoms. The van der Waals surface area contributed by atoms with Gasteiger partial charge in [0.15, 0.2) is 11.6 Å². The van der Waals surface area contributed by atoms with Crippen LogP contribution in [-0.4, -0.2) is 37.2 Å². The van der Waals surface area contributed by atoms with Crippen molar-refractivity contribution in [3.63, 3.8) is 0 Å². The third-order valence-electron chi connectivity index (χ3n) is 1.99. The number of hydrogen-bond acceptors (Lipinski definition) is 5. The number of methoxy groups -OCH3 is 1. The van der Waals surface area contributed by atoms with E-state index >= 15 is 0 Å². The lowest BCUT2D eigenvalue weighted by molar-refractivity contribution is 0.407. The molecule has 0 fully saturated rings. The Morgan fingerprint density at radius 3 is 2.79 bits per heavy atom. The summed E-state index contributed by atoms with van der Waals surface area (Å²) in [5.41, 5.74) is 6.31. The van der Waals surface area contributed by atoms with Gasteiger partial charge >= 0.3 is 0 Å². The van der Waals surface area contributed by atoms with Crippen molar-refractivity contribution in [3.8, 4) is 5.75 Å². The van der Waals surface area contributed by atoms with Crippen LogP contribution in [0.2, 0.25) is 0 Å². The topological polar surface area (TPSA) is 64.3 Å². The monoisotopic (exact) mass is 196 g/mol. The molecule has 0 saturated carbocycles. The van der Waals surface area contributed by atoms with Gasteiger partial charge in [-0.05, 0) is 6.92 Å². The first kappa shape index (κ1) is 10.7. The fraction of sp³-hybridized carbons (Fsp3) is 0.556. The second kappa shape index (κ2) is 4.76. The normalized spacial score (nSPS) is 10.0. The van der Waals surface area contributed by atoms with Crippen molar-refractivity contribution in [2.24, 2.45) is 5.73 Å². The summed E-state index contributed by atoms with van der Waals surface area (Å²) in [7, 11) is 3.54. The highest BCUT2D eigenvalue weighted by molar-refractivity contribution is 5.53. The number of rotatable bonds is 4. The molecule has 1 heterocycles. The van der Waals surface area contributed by atoms with Gasteiger partial charge in [0.05, 0.1) is 12.8 Å². The van der Waals surface area contributed by atoms with Crippen molar-refractivity contribution in [3.05, 3.63) is 12.0 Å². The highest BCUT2D eigenvalue weighted by atomic mass is 16.5. The van der Waals surface area contributed by atoms with Crippen molar-refractivity contribution in [1.82, 2.24) is 9.97 Å². The minimum absolute atomic E-state index is 0.586. The van der Waals surface area contributed by atoms with Crippen LogP contribution in [0.25, 0.3) is 0 Å². The molecule has 0 spiro atoms. The van der Waals surface area contributed by atoms with E-state index in [1.54, 1.807) is 7.11 Å². The van der Waals surface area contributed by atoms with E-state index in [-0.39, 0.29) is 0 Å². The van der Waals surface area contributed by atoms with E-state index in [4.69, 9.17) is 10.5 Å². The molecule has 0 aliphatic heterocycles. The van der Waals surface area contributed by atoms with Crippen molar-refractivity contribution in [2.45, 2.75) is 6.92 Å².